The highest BCUT2D eigenvalue weighted by Crippen LogP contribution is 2.35. The third-order valence-corrected chi connectivity index (χ3v) is 3.82. The standard InChI is InChI=1S/C16H18ClFN2O/c1-20(13-8-3-4-9-15(13)21-2)14(10-19)16-11(17)6-5-7-12(16)18/h3-9,14H,10,19H2,1-2H3. The molecule has 0 radical (unpaired) electrons. The number of nitrogens with zero attached hydrogens (tertiary/aromatic N) is 1. The van der Waals surface area contributed by atoms with E-state index in [1.54, 1.807) is 19.2 Å². The van der Waals surface area contributed by atoms with Gasteiger partial charge in [0.1, 0.15) is 11.6 Å². The van der Waals surface area contributed by atoms with Gasteiger partial charge in [-0.2, -0.15) is 0 Å². The van der Waals surface area contributed by atoms with Crippen molar-refractivity contribution in [3.05, 3.63) is 58.9 Å². The van der Waals surface area contributed by atoms with Crippen molar-refractivity contribution in [1.82, 2.24) is 0 Å². The number of halogens is 2. The minimum absolute atomic E-state index is 0.231. The van der Waals surface area contributed by atoms with Gasteiger partial charge < -0.3 is 15.4 Å². The van der Waals surface area contributed by atoms with E-state index in [1.165, 1.54) is 6.07 Å². The maximum Gasteiger partial charge on any atom is 0.142 e. The van der Waals surface area contributed by atoms with Gasteiger partial charge in [0.2, 0.25) is 0 Å². The van der Waals surface area contributed by atoms with Crippen molar-refractivity contribution in [2.75, 3.05) is 25.6 Å². The summed E-state index contributed by atoms with van der Waals surface area (Å²) in [5.74, 6) is 0.339. The first-order chi connectivity index (χ1) is 10.1. The van der Waals surface area contributed by atoms with Gasteiger partial charge in [0.05, 0.1) is 18.8 Å². The van der Waals surface area contributed by atoms with Crippen LogP contribution in [0.3, 0.4) is 0 Å². The molecule has 1 atom stereocenters. The van der Waals surface area contributed by atoms with Crippen molar-refractivity contribution in [3.8, 4) is 5.75 Å². The minimum atomic E-state index is -0.380. The second kappa shape index (κ2) is 6.78. The predicted molar refractivity (Wildman–Crippen MR) is 84.6 cm³/mol. The summed E-state index contributed by atoms with van der Waals surface area (Å²) in [5.41, 5.74) is 7.09. The van der Waals surface area contributed by atoms with Gasteiger partial charge >= 0.3 is 0 Å². The fourth-order valence-electron chi connectivity index (χ4n) is 2.39. The van der Waals surface area contributed by atoms with E-state index in [9.17, 15) is 4.39 Å². The molecular formula is C16H18ClFN2O. The number of anilines is 1. The van der Waals surface area contributed by atoms with Gasteiger partial charge in [0.15, 0.2) is 0 Å². The molecule has 0 saturated heterocycles. The molecule has 21 heavy (non-hydrogen) atoms. The number of para-hydroxylation sites is 2. The highest BCUT2D eigenvalue weighted by Gasteiger charge is 2.23. The summed E-state index contributed by atoms with van der Waals surface area (Å²) in [6.07, 6.45) is 0. The van der Waals surface area contributed by atoms with E-state index in [0.29, 0.717) is 16.3 Å². The van der Waals surface area contributed by atoms with Crippen LogP contribution in [0.1, 0.15) is 11.6 Å². The lowest BCUT2D eigenvalue weighted by Crippen LogP contribution is -2.31. The van der Waals surface area contributed by atoms with Gasteiger partial charge in [-0.3, -0.25) is 0 Å². The zero-order valence-electron chi connectivity index (χ0n) is 12.0. The first-order valence-corrected chi connectivity index (χ1v) is 6.97. The molecule has 2 rings (SSSR count). The van der Waals surface area contributed by atoms with E-state index >= 15 is 0 Å². The molecule has 1 unspecified atom stereocenters. The molecule has 2 N–H and O–H groups in total. The van der Waals surface area contributed by atoms with Crippen LogP contribution in [-0.4, -0.2) is 20.7 Å². The molecular weight excluding hydrogens is 291 g/mol. The van der Waals surface area contributed by atoms with Crippen LogP contribution in [-0.2, 0) is 0 Å². The monoisotopic (exact) mass is 308 g/mol. The Morgan fingerprint density at radius 3 is 2.57 bits per heavy atom. The predicted octanol–water partition coefficient (Wildman–Crippen LogP) is 3.62. The van der Waals surface area contributed by atoms with Crippen LogP contribution in [0.2, 0.25) is 5.02 Å². The third kappa shape index (κ3) is 3.12. The van der Waals surface area contributed by atoms with Crippen LogP contribution in [0.5, 0.6) is 5.75 Å². The van der Waals surface area contributed by atoms with Crippen molar-refractivity contribution in [2.45, 2.75) is 6.04 Å². The molecule has 0 fully saturated rings. The Kier molecular flexibility index (Phi) is 5.04. The lowest BCUT2D eigenvalue weighted by atomic mass is 10.0. The minimum Gasteiger partial charge on any atom is -0.495 e. The maximum absolute atomic E-state index is 14.1. The topological polar surface area (TPSA) is 38.5 Å². The van der Waals surface area contributed by atoms with Gasteiger partial charge in [-0.15, -0.1) is 0 Å². The molecule has 0 aromatic heterocycles. The summed E-state index contributed by atoms with van der Waals surface area (Å²) in [5, 5.41) is 0.368. The number of ether oxygens (including phenoxy) is 1. The Balaban J connectivity index is 2.46. The van der Waals surface area contributed by atoms with Gasteiger partial charge in [-0.05, 0) is 24.3 Å². The Hall–Kier alpha value is -1.78. The summed E-state index contributed by atoms with van der Waals surface area (Å²) in [7, 11) is 3.44. The summed E-state index contributed by atoms with van der Waals surface area (Å²) in [6.45, 7) is 0.231. The number of rotatable bonds is 5. The number of methoxy groups -OCH3 is 1. The fourth-order valence-corrected chi connectivity index (χ4v) is 2.68. The van der Waals surface area contributed by atoms with Crippen LogP contribution in [0.4, 0.5) is 10.1 Å². The number of hydrogen-bond acceptors (Lipinski definition) is 3. The molecule has 3 nitrogen and oxygen atoms in total. The van der Waals surface area contributed by atoms with Crippen LogP contribution >= 0.6 is 11.6 Å². The lowest BCUT2D eigenvalue weighted by molar-refractivity contribution is 0.413. The van der Waals surface area contributed by atoms with Crippen LogP contribution in [0.15, 0.2) is 42.5 Å². The number of likely N-dealkylation sites (N-methyl/N-ethyl adjacent to an activating group) is 1. The molecule has 5 heteroatoms. The van der Waals surface area contributed by atoms with Crippen molar-refractivity contribution >= 4 is 17.3 Å². The van der Waals surface area contributed by atoms with Crippen LogP contribution < -0.4 is 15.4 Å². The lowest BCUT2D eigenvalue weighted by Gasteiger charge is -2.31. The van der Waals surface area contributed by atoms with Crippen molar-refractivity contribution < 1.29 is 9.13 Å². The smallest absolute Gasteiger partial charge is 0.142 e. The zero-order valence-corrected chi connectivity index (χ0v) is 12.8. The van der Waals surface area contributed by atoms with Crippen molar-refractivity contribution in [3.63, 3.8) is 0 Å². The molecule has 0 aliphatic carbocycles. The summed E-state index contributed by atoms with van der Waals surface area (Å²) in [6, 6.07) is 11.8. The molecule has 0 aliphatic heterocycles. The molecule has 0 bridgehead atoms. The Labute approximate surface area is 129 Å². The van der Waals surface area contributed by atoms with Crippen LogP contribution in [0, 0.1) is 5.82 Å². The molecule has 2 aromatic carbocycles. The molecule has 0 heterocycles. The van der Waals surface area contributed by atoms with Gasteiger partial charge in [0.25, 0.3) is 0 Å². The molecule has 0 saturated carbocycles. The largest absolute Gasteiger partial charge is 0.495 e. The Morgan fingerprint density at radius 2 is 1.95 bits per heavy atom. The zero-order chi connectivity index (χ0) is 15.4. The molecule has 2 aromatic rings. The van der Waals surface area contributed by atoms with Crippen LogP contribution in [0.25, 0.3) is 0 Å². The van der Waals surface area contributed by atoms with E-state index in [2.05, 4.69) is 0 Å². The third-order valence-electron chi connectivity index (χ3n) is 3.49. The van der Waals surface area contributed by atoms with E-state index in [1.807, 2.05) is 36.2 Å². The van der Waals surface area contributed by atoms with Crippen molar-refractivity contribution in [1.29, 1.82) is 0 Å². The molecule has 112 valence electrons. The molecule has 0 amide bonds. The van der Waals surface area contributed by atoms with E-state index in [-0.39, 0.29) is 18.4 Å². The summed E-state index contributed by atoms with van der Waals surface area (Å²) < 4.78 is 19.5. The van der Waals surface area contributed by atoms with Crippen molar-refractivity contribution in [2.24, 2.45) is 5.73 Å². The SMILES string of the molecule is COc1ccccc1N(C)C(CN)c1c(F)cccc1Cl. The highest BCUT2D eigenvalue weighted by molar-refractivity contribution is 6.31. The first-order valence-electron chi connectivity index (χ1n) is 6.60. The Bertz CT molecular complexity index is 601. The van der Waals surface area contributed by atoms with Gasteiger partial charge in [-0.25, -0.2) is 4.39 Å². The average molecular weight is 309 g/mol. The molecule has 0 aliphatic rings. The van der Waals surface area contributed by atoms with E-state index in [0.717, 1.165) is 5.69 Å². The highest BCUT2D eigenvalue weighted by atomic mass is 35.5. The van der Waals surface area contributed by atoms with E-state index < -0.39 is 0 Å². The van der Waals surface area contributed by atoms with Gasteiger partial charge in [0, 0.05) is 24.2 Å². The Morgan fingerprint density at radius 1 is 1.24 bits per heavy atom. The second-order valence-electron chi connectivity index (χ2n) is 4.67. The average Bonchev–Trinajstić information content (AvgIpc) is 2.50. The molecule has 0 spiro atoms. The fraction of sp³-hybridized carbons (Fsp3) is 0.250. The normalized spacial score (nSPS) is 12.0. The number of hydrogen-bond donors (Lipinski definition) is 1. The maximum atomic E-state index is 14.1. The second-order valence-corrected chi connectivity index (χ2v) is 5.08. The number of benzene rings is 2. The van der Waals surface area contributed by atoms with E-state index in [4.69, 9.17) is 22.1 Å². The first kappa shape index (κ1) is 15.6. The quantitative estimate of drug-likeness (QED) is 0.917. The summed E-state index contributed by atoms with van der Waals surface area (Å²) in [4.78, 5) is 1.88. The summed E-state index contributed by atoms with van der Waals surface area (Å²) >= 11 is 6.15. The van der Waals surface area contributed by atoms with Gasteiger partial charge in [-0.1, -0.05) is 29.8 Å². The number of nitrogens with two attached hydrogens (primary N) is 1.